The third-order valence-corrected chi connectivity index (χ3v) is 5.34. The van der Waals surface area contributed by atoms with Crippen molar-refractivity contribution in [3.63, 3.8) is 0 Å². The normalized spacial score (nSPS) is 26.9. The Hall–Kier alpha value is -0.860. The molecule has 1 heterocycles. The second-order valence-electron chi connectivity index (χ2n) is 6.51. The van der Waals surface area contributed by atoms with Gasteiger partial charge in [-0.2, -0.15) is 0 Å². The zero-order valence-electron chi connectivity index (χ0n) is 12.3. The van der Waals surface area contributed by atoms with Crippen molar-refractivity contribution in [3.05, 3.63) is 35.4 Å². The van der Waals surface area contributed by atoms with Gasteiger partial charge in [-0.1, -0.05) is 24.3 Å². The highest BCUT2D eigenvalue weighted by Gasteiger charge is 2.32. The number of fused-ring (bicyclic) bond motifs is 1. The van der Waals surface area contributed by atoms with Crippen LogP contribution in [0.25, 0.3) is 0 Å². The summed E-state index contributed by atoms with van der Waals surface area (Å²) in [7, 11) is 2.10. The Morgan fingerprint density at radius 3 is 2.53 bits per heavy atom. The van der Waals surface area contributed by atoms with E-state index in [-0.39, 0.29) is 0 Å². The second kappa shape index (κ2) is 5.26. The molecular weight excluding hydrogens is 232 g/mol. The fraction of sp³-hybridized carbons (Fsp3) is 0.647. The summed E-state index contributed by atoms with van der Waals surface area (Å²) in [6.07, 6.45) is 6.42. The lowest BCUT2D eigenvalue weighted by atomic mass is 9.84. The van der Waals surface area contributed by atoms with Gasteiger partial charge in [0.05, 0.1) is 0 Å². The van der Waals surface area contributed by atoms with Crippen molar-refractivity contribution in [1.82, 2.24) is 10.2 Å². The number of hydrogen-bond acceptors (Lipinski definition) is 2. The summed E-state index contributed by atoms with van der Waals surface area (Å²) >= 11 is 0. The van der Waals surface area contributed by atoms with Crippen LogP contribution in [0.15, 0.2) is 24.3 Å². The Balaban J connectivity index is 1.64. The third kappa shape index (κ3) is 2.70. The van der Waals surface area contributed by atoms with Gasteiger partial charge >= 0.3 is 0 Å². The average Bonchev–Trinajstić information content (AvgIpc) is 2.47. The number of piperidine rings is 1. The lowest BCUT2D eigenvalue weighted by Crippen LogP contribution is -2.53. The molecule has 2 heteroatoms. The quantitative estimate of drug-likeness (QED) is 0.877. The third-order valence-electron chi connectivity index (χ3n) is 5.34. The zero-order chi connectivity index (χ0) is 13.3. The Morgan fingerprint density at radius 1 is 1.16 bits per heavy atom. The molecule has 1 aliphatic carbocycles. The van der Waals surface area contributed by atoms with E-state index in [4.69, 9.17) is 0 Å². The van der Waals surface area contributed by atoms with E-state index in [1.165, 1.54) is 45.2 Å². The molecule has 2 nitrogen and oxygen atoms in total. The number of nitrogens with one attached hydrogen (secondary N) is 1. The molecular formula is C17H26N2. The molecule has 1 N–H and O–H groups in total. The van der Waals surface area contributed by atoms with Crippen LogP contribution in [0.2, 0.25) is 0 Å². The van der Waals surface area contributed by atoms with Gasteiger partial charge in [-0.3, -0.25) is 4.90 Å². The number of benzene rings is 1. The van der Waals surface area contributed by atoms with Crippen LogP contribution in [0.3, 0.4) is 0 Å². The van der Waals surface area contributed by atoms with Crippen LogP contribution in [0, 0.1) is 0 Å². The lowest BCUT2D eigenvalue weighted by Gasteiger charge is -2.44. The molecule has 0 bridgehead atoms. The fourth-order valence-electron chi connectivity index (χ4n) is 3.62. The summed E-state index contributed by atoms with van der Waals surface area (Å²) in [4.78, 5) is 2.73. The molecule has 1 saturated heterocycles. The first kappa shape index (κ1) is 13.1. The topological polar surface area (TPSA) is 15.3 Å². The molecule has 1 fully saturated rings. The molecule has 3 rings (SSSR count). The first-order valence-electron chi connectivity index (χ1n) is 7.70. The van der Waals surface area contributed by atoms with E-state index in [9.17, 15) is 0 Å². The molecule has 1 aliphatic heterocycles. The van der Waals surface area contributed by atoms with Crippen molar-refractivity contribution in [2.75, 3.05) is 20.1 Å². The minimum atomic E-state index is 0.364. The van der Waals surface area contributed by atoms with Gasteiger partial charge in [0, 0.05) is 24.7 Å². The van der Waals surface area contributed by atoms with Crippen LogP contribution in [-0.4, -0.2) is 36.6 Å². The lowest BCUT2D eigenvalue weighted by molar-refractivity contribution is 0.102. The molecule has 1 atom stereocenters. The summed E-state index contributed by atoms with van der Waals surface area (Å²) in [5.74, 6) is 0. The molecule has 0 aromatic heterocycles. The van der Waals surface area contributed by atoms with Crippen molar-refractivity contribution in [3.8, 4) is 0 Å². The van der Waals surface area contributed by atoms with Crippen LogP contribution in [0.4, 0.5) is 0 Å². The maximum atomic E-state index is 3.49. The van der Waals surface area contributed by atoms with Gasteiger partial charge in [-0.15, -0.1) is 0 Å². The summed E-state index contributed by atoms with van der Waals surface area (Å²) in [6, 6.07) is 9.77. The SMILES string of the molecule is CNC1(C)CCN(C2CCc3ccccc3C2)CC1. The minimum absolute atomic E-state index is 0.364. The predicted octanol–water partition coefficient (Wildman–Crippen LogP) is 2.62. The molecule has 2 aliphatic rings. The van der Waals surface area contributed by atoms with Crippen molar-refractivity contribution in [2.24, 2.45) is 0 Å². The fourth-order valence-corrected chi connectivity index (χ4v) is 3.62. The van der Waals surface area contributed by atoms with E-state index < -0.39 is 0 Å². The van der Waals surface area contributed by atoms with E-state index in [1.54, 1.807) is 11.1 Å². The van der Waals surface area contributed by atoms with Gasteiger partial charge in [0.1, 0.15) is 0 Å². The van der Waals surface area contributed by atoms with Crippen LogP contribution >= 0.6 is 0 Å². The van der Waals surface area contributed by atoms with E-state index in [0.29, 0.717) is 5.54 Å². The molecule has 1 aromatic carbocycles. The molecule has 19 heavy (non-hydrogen) atoms. The summed E-state index contributed by atoms with van der Waals surface area (Å²) in [6.45, 7) is 4.87. The molecule has 1 aromatic rings. The maximum absolute atomic E-state index is 3.49. The summed E-state index contributed by atoms with van der Waals surface area (Å²) < 4.78 is 0. The smallest absolute Gasteiger partial charge is 0.0174 e. The number of rotatable bonds is 2. The predicted molar refractivity (Wildman–Crippen MR) is 80.5 cm³/mol. The molecule has 0 amide bonds. The number of aryl methyl sites for hydroxylation is 1. The monoisotopic (exact) mass is 258 g/mol. The first-order valence-corrected chi connectivity index (χ1v) is 7.70. The molecule has 1 unspecified atom stereocenters. The minimum Gasteiger partial charge on any atom is -0.314 e. The first-order chi connectivity index (χ1) is 9.20. The van der Waals surface area contributed by atoms with Gasteiger partial charge in [0.25, 0.3) is 0 Å². The van der Waals surface area contributed by atoms with Crippen molar-refractivity contribution >= 4 is 0 Å². The van der Waals surface area contributed by atoms with Crippen LogP contribution in [0.5, 0.6) is 0 Å². The Morgan fingerprint density at radius 2 is 1.84 bits per heavy atom. The van der Waals surface area contributed by atoms with E-state index in [1.807, 2.05) is 0 Å². The van der Waals surface area contributed by atoms with Crippen molar-refractivity contribution < 1.29 is 0 Å². The Labute approximate surface area is 117 Å². The number of likely N-dealkylation sites (tertiary alicyclic amines) is 1. The van der Waals surface area contributed by atoms with Gasteiger partial charge in [0.15, 0.2) is 0 Å². The standard InChI is InChI=1S/C17H26N2/c1-17(18-2)9-11-19(12-10-17)16-8-7-14-5-3-4-6-15(14)13-16/h3-6,16,18H,7-13H2,1-2H3. The largest absolute Gasteiger partial charge is 0.314 e. The second-order valence-corrected chi connectivity index (χ2v) is 6.51. The van der Waals surface area contributed by atoms with Crippen LogP contribution in [0.1, 0.15) is 37.3 Å². The number of nitrogens with zero attached hydrogens (tertiary/aromatic N) is 1. The number of hydrogen-bond donors (Lipinski definition) is 1. The van der Waals surface area contributed by atoms with Gasteiger partial charge < -0.3 is 5.32 Å². The average molecular weight is 258 g/mol. The molecule has 0 radical (unpaired) electrons. The molecule has 0 spiro atoms. The van der Waals surface area contributed by atoms with Gasteiger partial charge in [0.2, 0.25) is 0 Å². The Kier molecular flexibility index (Phi) is 3.64. The van der Waals surface area contributed by atoms with Crippen LogP contribution < -0.4 is 5.32 Å². The maximum Gasteiger partial charge on any atom is 0.0174 e. The van der Waals surface area contributed by atoms with Crippen molar-refractivity contribution in [2.45, 2.75) is 50.6 Å². The highest BCUT2D eigenvalue weighted by Crippen LogP contribution is 2.29. The van der Waals surface area contributed by atoms with E-state index in [2.05, 4.69) is 48.5 Å². The van der Waals surface area contributed by atoms with E-state index >= 15 is 0 Å². The molecule has 0 saturated carbocycles. The molecule has 104 valence electrons. The van der Waals surface area contributed by atoms with Gasteiger partial charge in [-0.05, 0) is 57.2 Å². The Bertz CT molecular complexity index is 433. The van der Waals surface area contributed by atoms with Crippen LogP contribution in [-0.2, 0) is 12.8 Å². The van der Waals surface area contributed by atoms with E-state index in [0.717, 1.165) is 6.04 Å². The van der Waals surface area contributed by atoms with Crippen molar-refractivity contribution in [1.29, 1.82) is 0 Å². The van der Waals surface area contributed by atoms with Gasteiger partial charge in [-0.25, -0.2) is 0 Å². The zero-order valence-corrected chi connectivity index (χ0v) is 12.3. The summed E-state index contributed by atoms with van der Waals surface area (Å²) in [5.41, 5.74) is 3.53. The highest BCUT2D eigenvalue weighted by atomic mass is 15.2. The highest BCUT2D eigenvalue weighted by molar-refractivity contribution is 5.30. The summed E-state index contributed by atoms with van der Waals surface area (Å²) in [5, 5.41) is 3.49.